The number of thiazole rings is 1. The summed E-state index contributed by atoms with van der Waals surface area (Å²) in [4.78, 5) is 30.9. The highest BCUT2D eigenvalue weighted by Crippen LogP contribution is 2.35. The summed E-state index contributed by atoms with van der Waals surface area (Å²) in [6.07, 6.45) is 0. The molecule has 0 bridgehead atoms. The van der Waals surface area contributed by atoms with Crippen LogP contribution < -0.4 is 9.64 Å². The van der Waals surface area contributed by atoms with E-state index in [1.165, 1.54) is 53.7 Å². The maximum Gasteiger partial charge on any atom is 0.348 e. The highest BCUT2D eigenvalue weighted by molar-refractivity contribution is 7.20. The molecular formula is C22H17FN2O4S2. The lowest BCUT2D eigenvalue weighted by Crippen LogP contribution is -2.23. The molecule has 9 heteroatoms. The van der Waals surface area contributed by atoms with Crippen molar-refractivity contribution in [3.05, 3.63) is 70.3 Å². The number of hydrogen-bond acceptors (Lipinski definition) is 7. The fraction of sp³-hybridized carbons (Fsp3) is 0.136. The highest BCUT2D eigenvalue weighted by atomic mass is 32.1. The Morgan fingerprint density at radius 1 is 1.16 bits per heavy atom. The first kappa shape index (κ1) is 21.0. The fourth-order valence-electron chi connectivity index (χ4n) is 3.02. The van der Waals surface area contributed by atoms with Crippen molar-refractivity contribution in [2.75, 3.05) is 12.0 Å². The molecule has 2 heterocycles. The van der Waals surface area contributed by atoms with Crippen molar-refractivity contribution in [2.45, 2.75) is 13.5 Å². The number of thiophene rings is 1. The number of nitrogens with zero attached hydrogens (tertiary/aromatic N) is 2. The van der Waals surface area contributed by atoms with Gasteiger partial charge >= 0.3 is 5.97 Å². The molecule has 0 aliphatic rings. The monoisotopic (exact) mass is 456 g/mol. The molecule has 2 aromatic heterocycles. The molecule has 2 aromatic carbocycles. The van der Waals surface area contributed by atoms with E-state index in [1.807, 2.05) is 6.07 Å². The van der Waals surface area contributed by atoms with Crippen molar-refractivity contribution in [1.29, 1.82) is 0 Å². The van der Waals surface area contributed by atoms with E-state index in [-0.39, 0.29) is 18.3 Å². The third-order valence-electron chi connectivity index (χ3n) is 4.43. The summed E-state index contributed by atoms with van der Waals surface area (Å²) < 4.78 is 25.2. The van der Waals surface area contributed by atoms with Crippen LogP contribution in [0.3, 0.4) is 0 Å². The summed E-state index contributed by atoms with van der Waals surface area (Å²) in [6.45, 7) is 1.37. The van der Waals surface area contributed by atoms with Gasteiger partial charge < -0.3 is 9.47 Å². The number of methoxy groups -OCH3 is 1. The van der Waals surface area contributed by atoms with Crippen molar-refractivity contribution in [2.24, 2.45) is 0 Å². The number of halogens is 1. The minimum atomic E-state index is -0.552. The van der Waals surface area contributed by atoms with Gasteiger partial charge in [0.15, 0.2) is 5.13 Å². The molecule has 4 aromatic rings. The number of rotatable bonds is 6. The molecule has 0 spiro atoms. The van der Waals surface area contributed by atoms with Crippen LogP contribution in [0.1, 0.15) is 22.3 Å². The summed E-state index contributed by atoms with van der Waals surface area (Å²) in [5.41, 5.74) is 1.07. The van der Waals surface area contributed by atoms with Gasteiger partial charge in [-0.3, -0.25) is 9.69 Å². The third-order valence-corrected chi connectivity index (χ3v) is 6.39. The zero-order valence-electron chi connectivity index (χ0n) is 16.6. The molecule has 6 nitrogen and oxygen atoms in total. The first-order valence-electron chi connectivity index (χ1n) is 9.21. The molecule has 0 aliphatic carbocycles. The Labute approximate surface area is 185 Å². The molecular weight excluding hydrogens is 439 g/mol. The normalized spacial score (nSPS) is 10.8. The fourth-order valence-corrected chi connectivity index (χ4v) is 4.86. The van der Waals surface area contributed by atoms with Gasteiger partial charge in [-0.2, -0.15) is 0 Å². The maximum absolute atomic E-state index is 13.9. The van der Waals surface area contributed by atoms with Crippen molar-refractivity contribution in [3.63, 3.8) is 0 Å². The van der Waals surface area contributed by atoms with Crippen molar-refractivity contribution >= 4 is 55.5 Å². The van der Waals surface area contributed by atoms with Crippen LogP contribution in [0.4, 0.5) is 15.2 Å². The van der Waals surface area contributed by atoms with Crippen LogP contribution in [0.15, 0.2) is 53.9 Å². The standard InChI is InChI=1S/C22H17FN2O4S2/c1-13(26)25(17-7-3-4-8-18(17)28-2)22-24-14(12-30-22)11-29-21(27)20-10-15-16(23)6-5-9-19(15)31-20/h3-10,12H,11H2,1-2H3. The van der Waals surface area contributed by atoms with Crippen LogP contribution >= 0.6 is 22.7 Å². The SMILES string of the molecule is COc1ccccc1N(C(C)=O)c1nc(COC(=O)c2cc3c(F)cccc3s2)cs1. The van der Waals surface area contributed by atoms with Crippen LogP contribution in [0.2, 0.25) is 0 Å². The number of hydrogen-bond donors (Lipinski definition) is 0. The van der Waals surface area contributed by atoms with Gasteiger partial charge in [0.05, 0.1) is 18.5 Å². The van der Waals surface area contributed by atoms with E-state index in [2.05, 4.69) is 4.98 Å². The Bertz CT molecular complexity index is 1270. The molecule has 0 radical (unpaired) electrons. The zero-order valence-corrected chi connectivity index (χ0v) is 18.3. The lowest BCUT2D eigenvalue weighted by atomic mass is 10.2. The van der Waals surface area contributed by atoms with E-state index in [0.29, 0.717) is 37.2 Å². The van der Waals surface area contributed by atoms with Gasteiger partial charge in [0.25, 0.3) is 0 Å². The maximum atomic E-state index is 13.9. The van der Waals surface area contributed by atoms with Gasteiger partial charge in [-0.1, -0.05) is 18.2 Å². The molecule has 0 N–H and O–H groups in total. The second-order valence-corrected chi connectivity index (χ2v) is 8.41. The molecule has 0 saturated carbocycles. The second kappa shape index (κ2) is 8.83. The zero-order chi connectivity index (χ0) is 22.0. The van der Waals surface area contributed by atoms with Crippen LogP contribution in [0, 0.1) is 5.82 Å². The predicted molar refractivity (Wildman–Crippen MR) is 119 cm³/mol. The van der Waals surface area contributed by atoms with E-state index in [4.69, 9.17) is 9.47 Å². The number of benzene rings is 2. The smallest absolute Gasteiger partial charge is 0.348 e. The molecule has 0 saturated heterocycles. The molecule has 0 unspecified atom stereocenters. The molecule has 31 heavy (non-hydrogen) atoms. The Morgan fingerprint density at radius 3 is 2.71 bits per heavy atom. The molecule has 4 rings (SSSR count). The molecule has 0 atom stereocenters. The lowest BCUT2D eigenvalue weighted by Gasteiger charge is -2.20. The van der Waals surface area contributed by atoms with Gasteiger partial charge in [-0.25, -0.2) is 14.2 Å². The largest absolute Gasteiger partial charge is 0.495 e. The third kappa shape index (κ3) is 4.28. The summed E-state index contributed by atoms with van der Waals surface area (Å²) in [6, 6.07) is 13.3. The van der Waals surface area contributed by atoms with E-state index in [1.54, 1.807) is 35.7 Å². The van der Waals surface area contributed by atoms with Gasteiger partial charge in [-0.05, 0) is 30.3 Å². The number of amides is 1. The van der Waals surface area contributed by atoms with Gasteiger partial charge in [0.1, 0.15) is 23.1 Å². The number of aromatic nitrogens is 1. The van der Waals surface area contributed by atoms with Crippen LogP contribution in [0.25, 0.3) is 10.1 Å². The summed E-state index contributed by atoms with van der Waals surface area (Å²) in [5, 5.41) is 2.55. The number of anilines is 2. The molecule has 158 valence electrons. The number of para-hydroxylation sites is 2. The number of carbonyl (C=O) groups is 2. The minimum Gasteiger partial charge on any atom is -0.495 e. The Kier molecular flexibility index (Phi) is 5.97. The summed E-state index contributed by atoms with van der Waals surface area (Å²) >= 11 is 2.42. The van der Waals surface area contributed by atoms with Crippen molar-refractivity contribution in [1.82, 2.24) is 4.98 Å². The summed E-state index contributed by atoms with van der Waals surface area (Å²) in [5.74, 6) is -0.617. The Balaban J connectivity index is 1.50. The van der Waals surface area contributed by atoms with Gasteiger partial charge in [0.2, 0.25) is 5.91 Å². The molecule has 0 aliphatic heterocycles. The second-order valence-electron chi connectivity index (χ2n) is 6.49. The average Bonchev–Trinajstić information content (AvgIpc) is 3.40. The Morgan fingerprint density at radius 2 is 1.97 bits per heavy atom. The Hall–Kier alpha value is -3.30. The first-order chi connectivity index (χ1) is 15.0. The van der Waals surface area contributed by atoms with E-state index >= 15 is 0 Å². The number of fused-ring (bicyclic) bond motifs is 1. The number of carbonyl (C=O) groups excluding carboxylic acids is 2. The lowest BCUT2D eigenvalue weighted by molar-refractivity contribution is -0.115. The molecule has 0 fully saturated rings. The van der Waals surface area contributed by atoms with Crippen LogP contribution in [-0.2, 0) is 16.1 Å². The van der Waals surface area contributed by atoms with Crippen molar-refractivity contribution in [3.8, 4) is 5.75 Å². The van der Waals surface area contributed by atoms with Gasteiger partial charge in [-0.15, -0.1) is 22.7 Å². The van der Waals surface area contributed by atoms with Crippen LogP contribution in [-0.4, -0.2) is 24.0 Å². The first-order valence-corrected chi connectivity index (χ1v) is 10.9. The number of ether oxygens (including phenoxy) is 2. The average molecular weight is 457 g/mol. The predicted octanol–water partition coefficient (Wildman–Crippen LogP) is 5.55. The van der Waals surface area contributed by atoms with E-state index < -0.39 is 5.97 Å². The van der Waals surface area contributed by atoms with Crippen molar-refractivity contribution < 1.29 is 23.5 Å². The van der Waals surface area contributed by atoms with Gasteiger partial charge in [0, 0.05) is 22.4 Å². The van der Waals surface area contributed by atoms with E-state index in [9.17, 15) is 14.0 Å². The topological polar surface area (TPSA) is 68.7 Å². The van der Waals surface area contributed by atoms with Crippen LogP contribution in [0.5, 0.6) is 5.75 Å². The minimum absolute atomic E-state index is 0.0657. The van der Waals surface area contributed by atoms with E-state index in [0.717, 1.165) is 0 Å². The number of esters is 1. The highest BCUT2D eigenvalue weighted by Gasteiger charge is 2.22. The molecule has 1 amide bonds. The quantitative estimate of drug-likeness (QED) is 0.356. The summed E-state index contributed by atoms with van der Waals surface area (Å²) in [7, 11) is 1.53.